The van der Waals surface area contributed by atoms with Gasteiger partial charge in [0.05, 0.1) is 20.8 Å². The summed E-state index contributed by atoms with van der Waals surface area (Å²) >= 11 is 19.6. The van der Waals surface area contributed by atoms with Crippen molar-refractivity contribution in [3.63, 3.8) is 0 Å². The molecule has 1 aliphatic heterocycles. The smallest absolute Gasteiger partial charge is 0.351 e. The van der Waals surface area contributed by atoms with Crippen molar-refractivity contribution in [2.75, 3.05) is 18.6 Å². The highest BCUT2D eigenvalue weighted by Crippen LogP contribution is 2.49. The quantitative estimate of drug-likeness (QED) is 0.246. The third-order valence-corrected chi connectivity index (χ3v) is 7.36. The number of halogens is 6. The van der Waals surface area contributed by atoms with Gasteiger partial charge in [-0.25, -0.2) is 0 Å². The van der Waals surface area contributed by atoms with Crippen LogP contribution >= 0.6 is 46.6 Å². The maximum absolute atomic E-state index is 14.4. The molecule has 3 aromatic carbocycles. The number of carbonyl (C=O) groups is 1. The van der Waals surface area contributed by atoms with Crippen LogP contribution in [-0.2, 0) is 10.4 Å². The van der Waals surface area contributed by atoms with Gasteiger partial charge in [-0.15, -0.1) is 0 Å². The van der Waals surface area contributed by atoms with Crippen LogP contribution in [0.3, 0.4) is 0 Å². The van der Waals surface area contributed by atoms with E-state index in [1.54, 1.807) is 48.2 Å². The minimum absolute atomic E-state index is 0.0537. The molecule has 0 spiro atoms. The number of hydrogen-bond acceptors (Lipinski definition) is 4. The van der Waals surface area contributed by atoms with Crippen molar-refractivity contribution in [1.82, 2.24) is 10.8 Å². The van der Waals surface area contributed by atoms with Crippen LogP contribution in [0.25, 0.3) is 16.5 Å². The van der Waals surface area contributed by atoms with Gasteiger partial charge in [0.1, 0.15) is 0 Å². The molecule has 1 atom stereocenters. The lowest BCUT2D eigenvalue weighted by Crippen LogP contribution is -2.42. The molecule has 184 valence electrons. The number of benzene rings is 3. The van der Waals surface area contributed by atoms with Crippen LogP contribution in [0.5, 0.6) is 0 Å². The molecule has 1 amide bonds. The van der Waals surface area contributed by atoms with Gasteiger partial charge in [-0.3, -0.25) is 15.1 Å². The monoisotopic (exact) mass is 560 g/mol. The molecule has 4 nitrogen and oxygen atoms in total. The molecule has 2 N–H and O–H groups in total. The van der Waals surface area contributed by atoms with E-state index in [2.05, 4.69) is 10.8 Å². The van der Waals surface area contributed by atoms with Gasteiger partial charge in [0.25, 0.3) is 5.91 Å². The number of hydrogen-bond donors (Lipinski definition) is 2. The van der Waals surface area contributed by atoms with E-state index in [-0.39, 0.29) is 32.2 Å². The molecule has 3 aromatic rings. The van der Waals surface area contributed by atoms with Gasteiger partial charge in [0, 0.05) is 29.0 Å². The molecule has 4 rings (SSSR count). The van der Waals surface area contributed by atoms with Crippen LogP contribution in [0, 0.1) is 0 Å². The van der Waals surface area contributed by atoms with E-state index in [0.717, 1.165) is 24.0 Å². The second-order valence-electron chi connectivity index (χ2n) is 7.70. The van der Waals surface area contributed by atoms with E-state index >= 15 is 0 Å². The standard InChI is InChI=1S/C24H18Cl3F3N2O2S/c1-35-9-8-31-22(33)17-7-6-16(14-4-2-3-5-15(14)17)20-12-23(34-32-20,24(28,29)30)13-10-18(25)21(27)19(26)11-13/h2-7,10-12,32H,8-9H2,1H3,(H,31,33). The van der Waals surface area contributed by atoms with Crippen molar-refractivity contribution in [3.05, 3.63) is 86.4 Å². The van der Waals surface area contributed by atoms with E-state index in [4.69, 9.17) is 39.6 Å². The molecule has 1 aliphatic rings. The van der Waals surface area contributed by atoms with E-state index < -0.39 is 11.8 Å². The Labute approximate surface area is 218 Å². The number of carbonyl (C=O) groups excluding carboxylic acids is 1. The molecule has 11 heteroatoms. The summed E-state index contributed by atoms with van der Waals surface area (Å²) in [7, 11) is 0. The number of amides is 1. The first-order valence-corrected chi connectivity index (χ1v) is 12.8. The van der Waals surface area contributed by atoms with Gasteiger partial charge in [-0.1, -0.05) is 65.1 Å². The Balaban J connectivity index is 1.83. The molecule has 0 bridgehead atoms. The number of alkyl halides is 3. The molecule has 35 heavy (non-hydrogen) atoms. The minimum Gasteiger partial charge on any atom is -0.351 e. The van der Waals surface area contributed by atoms with Gasteiger partial charge in [0.2, 0.25) is 5.60 Å². The van der Waals surface area contributed by atoms with Crippen LogP contribution in [0.4, 0.5) is 13.2 Å². The maximum Gasteiger partial charge on any atom is 0.428 e. The van der Waals surface area contributed by atoms with Gasteiger partial charge < -0.3 is 5.32 Å². The lowest BCUT2D eigenvalue weighted by molar-refractivity contribution is -0.269. The lowest BCUT2D eigenvalue weighted by atomic mass is 9.90. The van der Waals surface area contributed by atoms with Gasteiger partial charge in [0.15, 0.2) is 0 Å². The number of hydroxylamine groups is 1. The number of rotatable bonds is 6. The second-order valence-corrected chi connectivity index (χ2v) is 9.88. The lowest BCUT2D eigenvalue weighted by Gasteiger charge is -2.29. The summed E-state index contributed by atoms with van der Waals surface area (Å²) in [5.41, 5.74) is 0.153. The van der Waals surface area contributed by atoms with Crippen LogP contribution < -0.4 is 10.8 Å². The van der Waals surface area contributed by atoms with E-state index in [9.17, 15) is 18.0 Å². The predicted octanol–water partition coefficient (Wildman–Crippen LogP) is 7.23. The molecule has 0 saturated carbocycles. The SMILES string of the molecule is CSCCNC(=O)c1ccc(C2=CC(c3cc(Cl)c(Cl)c(Cl)c3)(C(F)(F)F)ON2)c2ccccc12. The Bertz CT molecular complexity index is 1310. The highest BCUT2D eigenvalue weighted by Gasteiger charge is 2.60. The summed E-state index contributed by atoms with van der Waals surface area (Å²) < 4.78 is 43.2. The maximum atomic E-state index is 14.4. The van der Waals surface area contributed by atoms with Gasteiger partial charge in [-0.05, 0) is 41.3 Å². The van der Waals surface area contributed by atoms with Gasteiger partial charge >= 0.3 is 6.18 Å². The zero-order valence-electron chi connectivity index (χ0n) is 18.1. The average molecular weight is 562 g/mol. The normalized spacial score (nSPS) is 17.9. The van der Waals surface area contributed by atoms with Crippen molar-refractivity contribution < 1.29 is 22.8 Å². The third-order valence-electron chi connectivity index (χ3n) is 5.55. The van der Waals surface area contributed by atoms with Gasteiger partial charge in [-0.2, -0.15) is 24.9 Å². The first kappa shape index (κ1) is 26.0. The van der Waals surface area contributed by atoms with Crippen molar-refractivity contribution in [3.8, 4) is 0 Å². The van der Waals surface area contributed by atoms with Crippen molar-refractivity contribution in [2.45, 2.75) is 11.8 Å². The average Bonchev–Trinajstić information content (AvgIpc) is 3.28. The molecule has 0 radical (unpaired) electrons. The van der Waals surface area contributed by atoms with Crippen LogP contribution in [0.1, 0.15) is 21.5 Å². The molecule has 0 fully saturated rings. The fourth-order valence-corrected chi connectivity index (χ4v) is 4.74. The second kappa shape index (κ2) is 10.1. The van der Waals surface area contributed by atoms with Crippen LogP contribution in [0.15, 0.2) is 54.6 Å². The fraction of sp³-hybridized carbons (Fsp3) is 0.208. The van der Waals surface area contributed by atoms with Crippen molar-refractivity contribution in [1.29, 1.82) is 0 Å². The molecular weight excluding hydrogens is 544 g/mol. The number of fused-ring (bicyclic) bond motifs is 1. The Hall–Kier alpha value is -2.10. The molecule has 0 aromatic heterocycles. The molecule has 1 heterocycles. The number of nitrogens with one attached hydrogen (secondary N) is 2. The predicted molar refractivity (Wildman–Crippen MR) is 136 cm³/mol. The summed E-state index contributed by atoms with van der Waals surface area (Å²) in [4.78, 5) is 17.9. The molecule has 1 unspecified atom stereocenters. The first-order chi connectivity index (χ1) is 16.6. The summed E-state index contributed by atoms with van der Waals surface area (Å²) in [6, 6.07) is 12.3. The molecular formula is C24H18Cl3F3N2O2S. The van der Waals surface area contributed by atoms with Crippen LogP contribution in [0.2, 0.25) is 15.1 Å². The largest absolute Gasteiger partial charge is 0.428 e. The zero-order valence-corrected chi connectivity index (χ0v) is 21.2. The zero-order chi connectivity index (χ0) is 25.4. The molecule has 0 aliphatic carbocycles. The topological polar surface area (TPSA) is 50.4 Å². The Morgan fingerprint density at radius 1 is 1.09 bits per heavy atom. The highest BCUT2D eigenvalue weighted by molar-refractivity contribution is 7.98. The van der Waals surface area contributed by atoms with Crippen LogP contribution in [-0.4, -0.2) is 30.6 Å². The van der Waals surface area contributed by atoms with E-state index in [0.29, 0.717) is 28.4 Å². The van der Waals surface area contributed by atoms with E-state index in [1.165, 1.54) is 0 Å². The van der Waals surface area contributed by atoms with Crippen molar-refractivity contribution >= 4 is 68.9 Å². The Morgan fingerprint density at radius 2 is 1.74 bits per heavy atom. The number of thioether (sulfide) groups is 1. The summed E-state index contributed by atoms with van der Waals surface area (Å²) in [5.74, 6) is 0.496. The molecule has 0 saturated heterocycles. The van der Waals surface area contributed by atoms with E-state index in [1.807, 2.05) is 6.26 Å². The Morgan fingerprint density at radius 3 is 2.37 bits per heavy atom. The summed E-state index contributed by atoms with van der Waals surface area (Å²) in [6.45, 7) is 0.497. The highest BCUT2D eigenvalue weighted by atomic mass is 35.5. The summed E-state index contributed by atoms with van der Waals surface area (Å²) in [5, 5.41) is 3.71. The minimum atomic E-state index is -4.87. The Kier molecular flexibility index (Phi) is 7.50. The third kappa shape index (κ3) is 4.82. The van der Waals surface area contributed by atoms with Crippen molar-refractivity contribution in [2.24, 2.45) is 0 Å². The fourth-order valence-electron chi connectivity index (χ4n) is 3.84. The summed E-state index contributed by atoms with van der Waals surface area (Å²) in [6.07, 6.45) is -1.99. The first-order valence-electron chi connectivity index (χ1n) is 10.3.